The Bertz CT molecular complexity index is 647. The molecule has 0 saturated carbocycles. The highest BCUT2D eigenvalue weighted by Crippen LogP contribution is 2.24. The minimum Gasteiger partial charge on any atom is -0.475 e. The first kappa shape index (κ1) is 20.6. The summed E-state index contributed by atoms with van der Waals surface area (Å²) < 4.78 is 37.4. The topological polar surface area (TPSA) is 109 Å². The molecule has 2 aromatic heterocycles. The zero-order valence-electron chi connectivity index (χ0n) is 13.4. The average Bonchev–Trinajstić information content (AvgIpc) is 3.05. The van der Waals surface area contributed by atoms with E-state index in [4.69, 9.17) is 19.4 Å². The fourth-order valence-corrected chi connectivity index (χ4v) is 1.73. The number of aliphatic hydroxyl groups excluding tert-OH is 1. The summed E-state index contributed by atoms with van der Waals surface area (Å²) in [6, 6.07) is 3.68. The van der Waals surface area contributed by atoms with Gasteiger partial charge in [0, 0.05) is 30.5 Å². The summed E-state index contributed by atoms with van der Waals surface area (Å²) in [5.41, 5.74) is 0.881. The van der Waals surface area contributed by atoms with Crippen LogP contribution in [-0.4, -0.2) is 44.1 Å². The van der Waals surface area contributed by atoms with E-state index in [9.17, 15) is 13.2 Å². The second kappa shape index (κ2) is 9.72. The van der Waals surface area contributed by atoms with E-state index >= 15 is 0 Å². The number of alkyl halides is 3. The lowest BCUT2D eigenvalue weighted by molar-refractivity contribution is -0.192. The molecule has 0 amide bonds. The van der Waals surface area contributed by atoms with Crippen molar-refractivity contribution in [2.75, 3.05) is 6.61 Å². The number of nitrogens with zero attached hydrogens (tertiary/aromatic N) is 3. The minimum absolute atomic E-state index is 0.222. The van der Waals surface area contributed by atoms with Gasteiger partial charge in [0.25, 0.3) is 0 Å². The fraction of sp³-hybridized carbons (Fsp3) is 0.467. The third kappa shape index (κ3) is 7.29. The largest absolute Gasteiger partial charge is 0.490 e. The first-order valence-corrected chi connectivity index (χ1v) is 7.40. The molecule has 0 spiro atoms. The molecule has 0 bridgehead atoms. The van der Waals surface area contributed by atoms with E-state index in [-0.39, 0.29) is 12.5 Å². The summed E-state index contributed by atoms with van der Waals surface area (Å²) >= 11 is 0. The van der Waals surface area contributed by atoms with E-state index in [2.05, 4.69) is 22.1 Å². The summed E-state index contributed by atoms with van der Waals surface area (Å²) in [7, 11) is 0. The van der Waals surface area contributed by atoms with Crippen LogP contribution in [0.4, 0.5) is 13.2 Å². The van der Waals surface area contributed by atoms with Gasteiger partial charge >= 0.3 is 12.1 Å². The molecule has 138 valence electrons. The zero-order chi connectivity index (χ0) is 18.9. The van der Waals surface area contributed by atoms with Crippen LogP contribution in [0.25, 0.3) is 11.5 Å². The van der Waals surface area contributed by atoms with E-state index in [0.29, 0.717) is 11.8 Å². The Morgan fingerprint density at radius 2 is 1.84 bits per heavy atom. The minimum atomic E-state index is -5.08. The highest BCUT2D eigenvalue weighted by atomic mass is 19.4. The molecule has 2 rings (SSSR count). The standard InChI is InChI=1S/C13H17N3O2.C2HF3O2/c1-10(4-2-3-9-17)12-15-16-13(18-12)11-5-7-14-8-6-11;3-2(4,5)1(6)7/h5-8,10,17H,2-4,9H2,1H3;(H,6,7). The quantitative estimate of drug-likeness (QED) is 0.761. The van der Waals surface area contributed by atoms with Gasteiger partial charge in [0.1, 0.15) is 0 Å². The zero-order valence-corrected chi connectivity index (χ0v) is 13.4. The van der Waals surface area contributed by atoms with Gasteiger partial charge in [-0.05, 0) is 25.0 Å². The number of carboxylic acids is 1. The maximum Gasteiger partial charge on any atom is 0.490 e. The molecule has 25 heavy (non-hydrogen) atoms. The molecule has 7 nitrogen and oxygen atoms in total. The fourth-order valence-electron chi connectivity index (χ4n) is 1.73. The predicted octanol–water partition coefficient (Wildman–Crippen LogP) is 3.03. The van der Waals surface area contributed by atoms with Crippen LogP contribution in [0.3, 0.4) is 0 Å². The molecule has 0 aliphatic heterocycles. The van der Waals surface area contributed by atoms with Crippen LogP contribution >= 0.6 is 0 Å². The van der Waals surface area contributed by atoms with Gasteiger partial charge in [-0.3, -0.25) is 4.98 Å². The van der Waals surface area contributed by atoms with Crippen LogP contribution < -0.4 is 0 Å². The predicted molar refractivity (Wildman–Crippen MR) is 80.6 cm³/mol. The Morgan fingerprint density at radius 1 is 1.24 bits per heavy atom. The Labute approximate surface area is 141 Å². The van der Waals surface area contributed by atoms with Gasteiger partial charge in [-0.1, -0.05) is 13.3 Å². The molecular formula is C15H18F3N3O4. The van der Waals surface area contributed by atoms with Crippen LogP contribution in [0.5, 0.6) is 0 Å². The van der Waals surface area contributed by atoms with Gasteiger partial charge in [0.05, 0.1) is 0 Å². The van der Waals surface area contributed by atoms with Crippen LogP contribution in [0.1, 0.15) is 38.0 Å². The lowest BCUT2D eigenvalue weighted by Gasteiger charge is -2.04. The Balaban J connectivity index is 0.000000381. The smallest absolute Gasteiger partial charge is 0.475 e. The van der Waals surface area contributed by atoms with Gasteiger partial charge < -0.3 is 14.6 Å². The second-order valence-corrected chi connectivity index (χ2v) is 5.10. The highest BCUT2D eigenvalue weighted by Gasteiger charge is 2.38. The highest BCUT2D eigenvalue weighted by molar-refractivity contribution is 5.73. The molecule has 0 aliphatic rings. The average molecular weight is 361 g/mol. The van der Waals surface area contributed by atoms with Crippen molar-refractivity contribution >= 4 is 5.97 Å². The number of unbranched alkanes of at least 4 members (excludes halogenated alkanes) is 1. The number of aliphatic hydroxyl groups is 1. The number of pyridine rings is 1. The molecule has 2 N–H and O–H groups in total. The first-order chi connectivity index (χ1) is 11.8. The van der Waals surface area contributed by atoms with Gasteiger partial charge in [-0.2, -0.15) is 13.2 Å². The summed E-state index contributed by atoms with van der Waals surface area (Å²) in [4.78, 5) is 12.8. The number of hydrogen-bond donors (Lipinski definition) is 2. The summed E-state index contributed by atoms with van der Waals surface area (Å²) in [6.07, 6.45) is 1.03. The van der Waals surface area contributed by atoms with E-state index in [1.807, 2.05) is 12.1 Å². The van der Waals surface area contributed by atoms with Gasteiger partial charge in [0.2, 0.25) is 11.8 Å². The summed E-state index contributed by atoms with van der Waals surface area (Å²) in [5, 5.41) is 24.0. The number of halogens is 3. The van der Waals surface area contributed by atoms with Crippen molar-refractivity contribution in [3.8, 4) is 11.5 Å². The van der Waals surface area contributed by atoms with Gasteiger partial charge in [-0.25, -0.2) is 4.79 Å². The van der Waals surface area contributed by atoms with Crippen LogP contribution in [0, 0.1) is 0 Å². The molecule has 0 aromatic carbocycles. The first-order valence-electron chi connectivity index (χ1n) is 7.40. The molecule has 0 aliphatic carbocycles. The maximum absolute atomic E-state index is 10.6. The van der Waals surface area contributed by atoms with Crippen molar-refractivity contribution in [1.29, 1.82) is 0 Å². The van der Waals surface area contributed by atoms with Crippen molar-refractivity contribution < 1.29 is 32.6 Å². The van der Waals surface area contributed by atoms with Crippen molar-refractivity contribution in [2.24, 2.45) is 0 Å². The number of carboxylic acid groups (broad SMARTS) is 1. The van der Waals surface area contributed by atoms with E-state index in [1.165, 1.54) is 0 Å². The molecule has 2 heterocycles. The van der Waals surface area contributed by atoms with Crippen LogP contribution in [0.2, 0.25) is 0 Å². The Kier molecular flexibility index (Phi) is 7.99. The molecule has 10 heteroatoms. The number of carbonyl (C=O) groups is 1. The number of rotatable bonds is 6. The molecule has 1 unspecified atom stereocenters. The lowest BCUT2D eigenvalue weighted by atomic mass is 10.0. The molecular weight excluding hydrogens is 343 g/mol. The van der Waals surface area contributed by atoms with Crippen LogP contribution in [-0.2, 0) is 4.79 Å². The monoisotopic (exact) mass is 361 g/mol. The van der Waals surface area contributed by atoms with Crippen molar-refractivity contribution in [1.82, 2.24) is 15.2 Å². The third-order valence-corrected chi connectivity index (χ3v) is 3.08. The van der Waals surface area contributed by atoms with Crippen molar-refractivity contribution in [2.45, 2.75) is 38.3 Å². The van der Waals surface area contributed by atoms with Crippen molar-refractivity contribution in [3.05, 3.63) is 30.4 Å². The second-order valence-electron chi connectivity index (χ2n) is 5.10. The molecule has 0 radical (unpaired) electrons. The van der Waals surface area contributed by atoms with E-state index in [1.54, 1.807) is 12.4 Å². The number of aliphatic carboxylic acids is 1. The van der Waals surface area contributed by atoms with Gasteiger partial charge in [-0.15, -0.1) is 10.2 Å². The van der Waals surface area contributed by atoms with E-state index in [0.717, 1.165) is 24.8 Å². The Morgan fingerprint density at radius 3 is 2.36 bits per heavy atom. The maximum atomic E-state index is 10.6. The van der Waals surface area contributed by atoms with Crippen LogP contribution in [0.15, 0.2) is 28.9 Å². The molecule has 0 fully saturated rings. The number of hydrogen-bond acceptors (Lipinski definition) is 6. The molecule has 0 saturated heterocycles. The van der Waals surface area contributed by atoms with Crippen molar-refractivity contribution in [3.63, 3.8) is 0 Å². The Hall–Kier alpha value is -2.49. The third-order valence-electron chi connectivity index (χ3n) is 3.08. The molecule has 2 aromatic rings. The molecule has 1 atom stereocenters. The SMILES string of the molecule is CC(CCCCO)c1nnc(-c2ccncc2)o1.O=C(O)C(F)(F)F. The summed E-state index contributed by atoms with van der Waals surface area (Å²) in [6.45, 7) is 2.29. The normalized spacial score (nSPS) is 12.2. The van der Waals surface area contributed by atoms with Gasteiger partial charge in [0.15, 0.2) is 0 Å². The summed E-state index contributed by atoms with van der Waals surface area (Å²) in [5.74, 6) is -1.35. The lowest BCUT2D eigenvalue weighted by Crippen LogP contribution is -2.21. The number of aromatic nitrogens is 3. The van der Waals surface area contributed by atoms with E-state index < -0.39 is 12.1 Å².